The molecule has 2 rings (SSSR count). The smallest absolute Gasteiger partial charge is 0.360 e. The molecule has 0 radical (unpaired) electrons. The van der Waals surface area contributed by atoms with Crippen LogP contribution in [-0.2, 0) is 0 Å². The van der Waals surface area contributed by atoms with E-state index in [1.54, 1.807) is 6.07 Å². The number of anilines is 1. The summed E-state index contributed by atoms with van der Waals surface area (Å²) in [7, 11) is 0. The van der Waals surface area contributed by atoms with E-state index < -0.39 is 5.97 Å². The number of hydrogen-bond donors (Lipinski definition) is 2. The second-order valence-electron chi connectivity index (χ2n) is 3.37. The lowest BCUT2D eigenvalue weighted by Gasteiger charge is -1.99. The first-order chi connectivity index (χ1) is 7.58. The van der Waals surface area contributed by atoms with Crippen LogP contribution in [-0.4, -0.2) is 26.1 Å². The quantitative estimate of drug-likeness (QED) is 0.779. The first-order valence-electron chi connectivity index (χ1n) is 4.61. The van der Waals surface area contributed by atoms with Crippen LogP contribution in [0, 0.1) is 6.92 Å². The highest BCUT2D eigenvalue weighted by molar-refractivity contribution is 5.90. The van der Waals surface area contributed by atoms with E-state index in [0.717, 1.165) is 5.56 Å². The summed E-state index contributed by atoms with van der Waals surface area (Å²) in [5.74, 6) is -1.27. The molecule has 1 aromatic carbocycles. The molecule has 0 atom stereocenters. The number of nitrogens with two attached hydrogens (primary N) is 1. The molecular weight excluding hydrogens is 208 g/mol. The molecule has 3 N–H and O–H groups in total. The lowest BCUT2D eigenvalue weighted by atomic mass is 10.2. The van der Waals surface area contributed by atoms with Gasteiger partial charge >= 0.3 is 5.97 Å². The van der Waals surface area contributed by atoms with Crippen molar-refractivity contribution in [1.82, 2.24) is 15.0 Å². The summed E-state index contributed by atoms with van der Waals surface area (Å²) in [4.78, 5) is 12.0. The van der Waals surface area contributed by atoms with E-state index >= 15 is 0 Å². The fraction of sp³-hybridized carbons (Fsp3) is 0.100. The number of nitrogens with zero attached hydrogens (tertiary/aromatic N) is 3. The Morgan fingerprint density at radius 2 is 2.19 bits per heavy atom. The van der Waals surface area contributed by atoms with E-state index in [1.165, 1.54) is 4.80 Å². The molecule has 16 heavy (non-hydrogen) atoms. The topological polar surface area (TPSA) is 94.0 Å². The van der Waals surface area contributed by atoms with Gasteiger partial charge in [0.15, 0.2) is 5.82 Å². The average Bonchev–Trinajstić information content (AvgIpc) is 2.60. The highest BCUT2D eigenvalue weighted by Crippen LogP contribution is 2.11. The van der Waals surface area contributed by atoms with Crippen LogP contribution in [0.1, 0.15) is 16.1 Å². The largest absolute Gasteiger partial charge is 0.476 e. The number of aromatic carboxylic acids is 1. The number of rotatable bonds is 2. The number of carboxylic acid groups (broad SMARTS) is 1. The molecule has 6 nitrogen and oxygen atoms in total. The fourth-order valence-corrected chi connectivity index (χ4v) is 1.34. The van der Waals surface area contributed by atoms with Gasteiger partial charge in [0.05, 0.1) is 5.69 Å². The van der Waals surface area contributed by atoms with Crippen molar-refractivity contribution < 1.29 is 9.90 Å². The van der Waals surface area contributed by atoms with Crippen molar-refractivity contribution in [3.05, 3.63) is 35.5 Å². The van der Waals surface area contributed by atoms with Crippen molar-refractivity contribution in [2.24, 2.45) is 0 Å². The predicted octanol–water partition coefficient (Wildman–Crippen LogP) is 0.856. The Labute approximate surface area is 91.3 Å². The van der Waals surface area contributed by atoms with Gasteiger partial charge in [-0.15, -0.1) is 15.0 Å². The number of aryl methyl sites for hydroxylation is 1. The van der Waals surface area contributed by atoms with Crippen LogP contribution < -0.4 is 5.73 Å². The van der Waals surface area contributed by atoms with E-state index in [9.17, 15) is 4.79 Å². The number of benzene rings is 1. The van der Waals surface area contributed by atoms with Crippen molar-refractivity contribution in [2.75, 3.05) is 5.73 Å². The molecule has 1 heterocycles. The lowest BCUT2D eigenvalue weighted by molar-refractivity contribution is 0.0691. The molecule has 0 fully saturated rings. The van der Waals surface area contributed by atoms with Gasteiger partial charge in [-0.1, -0.05) is 12.1 Å². The first-order valence-corrected chi connectivity index (χ1v) is 4.61. The van der Waals surface area contributed by atoms with Crippen LogP contribution in [0.15, 0.2) is 24.3 Å². The van der Waals surface area contributed by atoms with Crippen molar-refractivity contribution in [2.45, 2.75) is 6.92 Å². The normalized spacial score (nSPS) is 10.3. The van der Waals surface area contributed by atoms with Crippen molar-refractivity contribution in [3.8, 4) is 5.69 Å². The number of aromatic nitrogens is 3. The zero-order valence-corrected chi connectivity index (χ0v) is 8.58. The summed E-state index contributed by atoms with van der Waals surface area (Å²) in [5, 5.41) is 16.4. The van der Waals surface area contributed by atoms with E-state index in [4.69, 9.17) is 10.8 Å². The van der Waals surface area contributed by atoms with Crippen molar-refractivity contribution in [3.63, 3.8) is 0 Å². The summed E-state index contributed by atoms with van der Waals surface area (Å²) in [6.07, 6.45) is 0. The molecule has 2 aromatic rings. The number of hydrogen-bond acceptors (Lipinski definition) is 4. The zero-order valence-electron chi connectivity index (χ0n) is 8.58. The number of carboxylic acids is 1. The molecule has 0 bridgehead atoms. The minimum absolute atomic E-state index is 0.0889. The van der Waals surface area contributed by atoms with Crippen molar-refractivity contribution in [1.29, 1.82) is 0 Å². The molecule has 0 aliphatic heterocycles. The molecule has 0 unspecified atom stereocenters. The fourth-order valence-electron chi connectivity index (χ4n) is 1.34. The highest BCUT2D eigenvalue weighted by Gasteiger charge is 2.15. The molecule has 0 spiro atoms. The van der Waals surface area contributed by atoms with Crippen LogP contribution >= 0.6 is 0 Å². The van der Waals surface area contributed by atoms with E-state index in [-0.39, 0.29) is 11.5 Å². The van der Waals surface area contributed by atoms with Gasteiger partial charge in [-0.2, -0.15) is 0 Å². The molecule has 0 saturated heterocycles. The molecule has 0 saturated carbocycles. The Morgan fingerprint density at radius 3 is 2.75 bits per heavy atom. The van der Waals surface area contributed by atoms with Gasteiger partial charge in [0.2, 0.25) is 5.69 Å². The maximum atomic E-state index is 10.7. The van der Waals surface area contributed by atoms with Gasteiger partial charge in [0.25, 0.3) is 0 Å². The molecular formula is C10H10N4O2. The van der Waals surface area contributed by atoms with Crippen molar-refractivity contribution >= 4 is 11.8 Å². The minimum Gasteiger partial charge on any atom is -0.476 e. The summed E-state index contributed by atoms with van der Waals surface area (Å²) in [6, 6.07) is 7.38. The van der Waals surface area contributed by atoms with Crippen LogP contribution in [0.25, 0.3) is 5.69 Å². The molecule has 6 heteroatoms. The zero-order chi connectivity index (χ0) is 11.7. The Morgan fingerprint density at radius 1 is 1.44 bits per heavy atom. The maximum absolute atomic E-state index is 10.7. The summed E-state index contributed by atoms with van der Waals surface area (Å²) in [5.41, 5.74) is 6.92. The summed E-state index contributed by atoms with van der Waals surface area (Å²) >= 11 is 0. The van der Waals surface area contributed by atoms with E-state index in [0.29, 0.717) is 5.69 Å². The Hall–Kier alpha value is -2.37. The van der Waals surface area contributed by atoms with Gasteiger partial charge in [-0.05, 0) is 24.6 Å². The minimum atomic E-state index is -1.18. The third kappa shape index (κ3) is 1.72. The first kappa shape index (κ1) is 10.2. The van der Waals surface area contributed by atoms with Crippen LogP contribution in [0.4, 0.5) is 5.82 Å². The SMILES string of the molecule is Cc1cccc(-n2nc(N)c(C(=O)O)n2)c1. The Kier molecular flexibility index (Phi) is 2.32. The number of nitrogen functional groups attached to an aromatic ring is 1. The standard InChI is InChI=1S/C10H10N4O2/c1-6-3-2-4-7(5-6)14-12-8(10(15)16)9(11)13-14/h2-5H,1H3,(H2,11,13)(H,15,16). The molecule has 82 valence electrons. The third-order valence-corrected chi connectivity index (χ3v) is 2.07. The van der Waals surface area contributed by atoms with Gasteiger partial charge < -0.3 is 10.8 Å². The van der Waals surface area contributed by atoms with E-state index in [2.05, 4.69) is 10.2 Å². The molecule has 0 aliphatic rings. The van der Waals surface area contributed by atoms with Gasteiger partial charge in [0, 0.05) is 0 Å². The number of carbonyl (C=O) groups is 1. The lowest BCUT2D eigenvalue weighted by Crippen LogP contribution is -2.02. The summed E-state index contributed by atoms with van der Waals surface area (Å²) < 4.78 is 0. The van der Waals surface area contributed by atoms with Gasteiger partial charge in [-0.3, -0.25) is 0 Å². The second-order valence-corrected chi connectivity index (χ2v) is 3.37. The van der Waals surface area contributed by atoms with E-state index in [1.807, 2.05) is 25.1 Å². The van der Waals surface area contributed by atoms with Gasteiger partial charge in [-0.25, -0.2) is 4.79 Å². The molecule has 1 aromatic heterocycles. The molecule has 0 aliphatic carbocycles. The predicted molar refractivity (Wildman–Crippen MR) is 57.5 cm³/mol. The Bertz CT molecular complexity index is 548. The monoisotopic (exact) mass is 218 g/mol. The van der Waals surface area contributed by atoms with Crippen LogP contribution in [0.2, 0.25) is 0 Å². The summed E-state index contributed by atoms with van der Waals surface area (Å²) in [6.45, 7) is 1.93. The average molecular weight is 218 g/mol. The Balaban J connectivity index is 2.49. The van der Waals surface area contributed by atoms with Crippen LogP contribution in [0.3, 0.4) is 0 Å². The maximum Gasteiger partial charge on any atom is 0.360 e. The molecule has 0 amide bonds. The van der Waals surface area contributed by atoms with Gasteiger partial charge in [0.1, 0.15) is 0 Å². The third-order valence-electron chi connectivity index (χ3n) is 2.07. The van der Waals surface area contributed by atoms with Crippen LogP contribution in [0.5, 0.6) is 0 Å². The highest BCUT2D eigenvalue weighted by atomic mass is 16.4. The second kappa shape index (κ2) is 3.65.